The van der Waals surface area contributed by atoms with Gasteiger partial charge in [0.25, 0.3) is 0 Å². The molecule has 1 aliphatic heterocycles. The summed E-state index contributed by atoms with van der Waals surface area (Å²) in [4.78, 5) is 15.6. The van der Waals surface area contributed by atoms with Crippen molar-refractivity contribution in [1.82, 2.24) is 19.5 Å². The molecule has 3 heterocycles. The maximum absolute atomic E-state index is 11.8. The molecule has 2 unspecified atom stereocenters. The smallest absolute Gasteiger partial charge is 0.319 e. The normalized spacial score (nSPS) is 17.4. The first kappa shape index (κ1) is 25.7. The second-order valence-corrected chi connectivity index (χ2v) is 9.77. The third-order valence-corrected chi connectivity index (χ3v) is 7.11. The molecule has 9 nitrogen and oxygen atoms in total. The number of aliphatic hydroxyl groups excluding tert-OH is 2. The molecule has 0 saturated carbocycles. The standard InChI is InChI=1S/C29H33N5O4/c1-16-8-11-20(12-9-16)24-25-23(28(36)34(24)22-13-17(2)7-10-18(22)3)31-26(33(25)19(4)15-35)21-14-30-29(38-6)32-27(21)37-5/h7-14,19,24,28,35-36H,15H2,1-6H3/t19-,24?,28?/m1/s1. The molecular weight excluding hydrogens is 482 g/mol. The minimum absolute atomic E-state index is 0.130. The number of methoxy groups -OCH3 is 2. The molecule has 0 amide bonds. The van der Waals surface area contributed by atoms with Crippen LogP contribution < -0.4 is 14.4 Å². The Bertz CT molecular complexity index is 1470. The summed E-state index contributed by atoms with van der Waals surface area (Å²) in [6, 6.07) is 14.0. The maximum atomic E-state index is 11.8. The topological polar surface area (TPSA) is 106 Å². The summed E-state index contributed by atoms with van der Waals surface area (Å²) in [5.41, 5.74) is 7.07. The number of hydrogen-bond acceptors (Lipinski definition) is 8. The Hall–Kier alpha value is -3.95. The van der Waals surface area contributed by atoms with Crippen LogP contribution in [0.4, 0.5) is 5.69 Å². The highest BCUT2D eigenvalue weighted by molar-refractivity contribution is 5.67. The fourth-order valence-electron chi connectivity index (χ4n) is 5.14. The highest BCUT2D eigenvalue weighted by Crippen LogP contribution is 2.50. The van der Waals surface area contributed by atoms with Gasteiger partial charge in [-0.1, -0.05) is 42.0 Å². The van der Waals surface area contributed by atoms with E-state index in [0.29, 0.717) is 23.0 Å². The lowest BCUT2D eigenvalue weighted by Crippen LogP contribution is -2.30. The Balaban J connectivity index is 1.79. The number of aliphatic hydroxyl groups is 2. The van der Waals surface area contributed by atoms with Gasteiger partial charge in [0, 0.05) is 11.9 Å². The average Bonchev–Trinajstić information content (AvgIpc) is 3.44. The highest BCUT2D eigenvalue weighted by Gasteiger charge is 2.45. The van der Waals surface area contributed by atoms with Crippen molar-refractivity contribution in [2.45, 2.75) is 46.0 Å². The lowest BCUT2D eigenvalue weighted by atomic mass is 10.0. The van der Waals surface area contributed by atoms with Crippen molar-refractivity contribution in [1.29, 1.82) is 0 Å². The summed E-state index contributed by atoms with van der Waals surface area (Å²) in [7, 11) is 3.01. The molecule has 2 N–H and O–H groups in total. The predicted octanol–water partition coefficient (Wildman–Crippen LogP) is 4.44. The lowest BCUT2D eigenvalue weighted by Gasteiger charge is -2.33. The average molecular weight is 516 g/mol. The van der Waals surface area contributed by atoms with Gasteiger partial charge in [-0.25, -0.2) is 9.97 Å². The third-order valence-electron chi connectivity index (χ3n) is 7.11. The van der Waals surface area contributed by atoms with E-state index in [2.05, 4.69) is 52.4 Å². The fraction of sp³-hybridized carbons (Fsp3) is 0.345. The van der Waals surface area contributed by atoms with E-state index in [4.69, 9.17) is 14.5 Å². The summed E-state index contributed by atoms with van der Waals surface area (Å²) >= 11 is 0. The van der Waals surface area contributed by atoms with Crippen LogP contribution in [0.5, 0.6) is 11.9 Å². The monoisotopic (exact) mass is 515 g/mol. The Morgan fingerprint density at radius 1 is 0.974 bits per heavy atom. The van der Waals surface area contributed by atoms with Crippen molar-refractivity contribution in [3.05, 3.63) is 82.3 Å². The highest BCUT2D eigenvalue weighted by atomic mass is 16.5. The minimum atomic E-state index is -1.02. The van der Waals surface area contributed by atoms with E-state index in [1.54, 1.807) is 6.20 Å². The molecule has 0 bridgehead atoms. The van der Waals surface area contributed by atoms with Gasteiger partial charge in [0.2, 0.25) is 5.88 Å². The first-order valence-corrected chi connectivity index (χ1v) is 12.6. The SMILES string of the molecule is COc1ncc(-c2nc3c(n2[C@H](C)CO)C(c2ccc(C)cc2)N(c2cc(C)ccc2C)C3O)c(OC)n1. The van der Waals surface area contributed by atoms with Crippen LogP contribution in [-0.4, -0.2) is 50.6 Å². The number of ether oxygens (including phenoxy) is 2. The van der Waals surface area contributed by atoms with E-state index in [1.807, 2.05) is 37.2 Å². The molecule has 2 aromatic carbocycles. The molecule has 2 aromatic heterocycles. The number of aryl methyl sites for hydroxylation is 3. The largest absolute Gasteiger partial charge is 0.480 e. The van der Waals surface area contributed by atoms with E-state index in [9.17, 15) is 10.2 Å². The summed E-state index contributed by atoms with van der Waals surface area (Å²) < 4.78 is 12.7. The van der Waals surface area contributed by atoms with Crippen LogP contribution in [0.3, 0.4) is 0 Å². The second kappa shape index (κ2) is 10.1. The number of hydrogen-bond donors (Lipinski definition) is 2. The van der Waals surface area contributed by atoms with Crippen LogP contribution in [0.2, 0.25) is 0 Å². The van der Waals surface area contributed by atoms with Gasteiger partial charge in [-0.2, -0.15) is 4.98 Å². The Kier molecular flexibility index (Phi) is 6.81. The number of benzene rings is 2. The van der Waals surface area contributed by atoms with Crippen LogP contribution in [0.15, 0.2) is 48.7 Å². The van der Waals surface area contributed by atoms with Gasteiger partial charge in [0.15, 0.2) is 6.23 Å². The number of aromatic nitrogens is 4. The molecule has 4 aromatic rings. The third kappa shape index (κ3) is 4.17. The van der Waals surface area contributed by atoms with Gasteiger partial charge in [-0.15, -0.1) is 0 Å². The van der Waals surface area contributed by atoms with Crippen LogP contribution >= 0.6 is 0 Å². The molecule has 0 aliphatic carbocycles. The number of imidazole rings is 1. The Morgan fingerprint density at radius 2 is 1.68 bits per heavy atom. The predicted molar refractivity (Wildman–Crippen MR) is 145 cm³/mol. The molecule has 3 atom stereocenters. The van der Waals surface area contributed by atoms with Gasteiger partial charge in [0.05, 0.1) is 44.2 Å². The van der Waals surface area contributed by atoms with Crippen molar-refractivity contribution in [2.75, 3.05) is 25.7 Å². The number of nitrogens with zero attached hydrogens (tertiary/aromatic N) is 5. The number of fused-ring (bicyclic) bond motifs is 1. The molecule has 0 spiro atoms. The van der Waals surface area contributed by atoms with Gasteiger partial charge >= 0.3 is 6.01 Å². The molecule has 0 saturated heterocycles. The second-order valence-electron chi connectivity index (χ2n) is 9.77. The molecule has 9 heteroatoms. The van der Waals surface area contributed by atoms with E-state index in [0.717, 1.165) is 33.6 Å². The molecule has 198 valence electrons. The van der Waals surface area contributed by atoms with Gasteiger partial charge < -0.3 is 29.2 Å². The van der Waals surface area contributed by atoms with Crippen molar-refractivity contribution in [3.8, 4) is 23.3 Å². The maximum Gasteiger partial charge on any atom is 0.319 e. The van der Waals surface area contributed by atoms with Crippen molar-refractivity contribution < 1.29 is 19.7 Å². The van der Waals surface area contributed by atoms with Crippen LogP contribution in [0, 0.1) is 20.8 Å². The summed E-state index contributed by atoms with van der Waals surface area (Å²) in [6.45, 7) is 7.92. The molecule has 38 heavy (non-hydrogen) atoms. The van der Waals surface area contributed by atoms with E-state index >= 15 is 0 Å². The lowest BCUT2D eigenvalue weighted by molar-refractivity contribution is 0.174. The zero-order chi connectivity index (χ0) is 27.1. The Labute approximate surface area is 222 Å². The molecule has 0 radical (unpaired) electrons. The van der Waals surface area contributed by atoms with Gasteiger partial charge in [0.1, 0.15) is 11.5 Å². The van der Waals surface area contributed by atoms with Crippen molar-refractivity contribution in [3.63, 3.8) is 0 Å². The Morgan fingerprint density at radius 3 is 2.34 bits per heavy atom. The molecular formula is C29H33N5O4. The molecule has 5 rings (SSSR count). The summed E-state index contributed by atoms with van der Waals surface area (Å²) in [6.07, 6.45) is 0.575. The quantitative estimate of drug-likeness (QED) is 0.372. The number of rotatable bonds is 7. The fourth-order valence-corrected chi connectivity index (χ4v) is 5.14. The van der Waals surface area contributed by atoms with Crippen molar-refractivity contribution in [2.24, 2.45) is 0 Å². The van der Waals surface area contributed by atoms with Gasteiger partial charge in [-0.3, -0.25) is 0 Å². The van der Waals surface area contributed by atoms with Crippen LogP contribution in [-0.2, 0) is 0 Å². The zero-order valence-corrected chi connectivity index (χ0v) is 22.5. The zero-order valence-electron chi connectivity index (χ0n) is 22.5. The van der Waals surface area contributed by atoms with Crippen molar-refractivity contribution >= 4 is 5.69 Å². The van der Waals surface area contributed by atoms with E-state index in [-0.39, 0.29) is 24.7 Å². The molecule has 0 fully saturated rings. The van der Waals surface area contributed by atoms with Crippen LogP contribution in [0.1, 0.15) is 58.9 Å². The first-order chi connectivity index (χ1) is 18.3. The molecule has 1 aliphatic rings. The first-order valence-electron chi connectivity index (χ1n) is 12.6. The van der Waals surface area contributed by atoms with Gasteiger partial charge in [-0.05, 0) is 50.5 Å². The van der Waals surface area contributed by atoms with E-state index < -0.39 is 6.23 Å². The van der Waals surface area contributed by atoms with E-state index in [1.165, 1.54) is 14.2 Å². The summed E-state index contributed by atoms with van der Waals surface area (Å²) in [5.74, 6) is 0.799. The minimum Gasteiger partial charge on any atom is -0.480 e. The number of anilines is 1. The van der Waals surface area contributed by atoms with Crippen LogP contribution in [0.25, 0.3) is 11.4 Å². The summed E-state index contributed by atoms with van der Waals surface area (Å²) in [5, 5.41) is 22.2.